The van der Waals surface area contributed by atoms with Crippen LogP contribution in [-0.2, 0) is 22.4 Å². The normalized spacial score (nSPS) is 11.3. The molecule has 0 amide bonds. The average Bonchev–Trinajstić information content (AvgIpc) is 3.24. The third-order valence-corrected chi connectivity index (χ3v) is 4.35. The van der Waals surface area contributed by atoms with Crippen LogP contribution in [0.3, 0.4) is 0 Å². The standard InChI is InChI=1S/C22H35N5O3.HI/c1-4-6-12-28-14-15-29-13-11-24-22(23-3)25-17-18-9-7-10-19(16-18)21-26-20(8-5-2)27-30-21;/h7,9-10,16H,4-6,8,11-15,17H2,1-3H3,(H2,23,24,25);1H. The molecule has 0 aliphatic rings. The van der Waals surface area contributed by atoms with E-state index in [0.717, 1.165) is 55.2 Å². The highest BCUT2D eigenvalue weighted by Crippen LogP contribution is 2.18. The number of nitrogens with zero attached hydrogens (tertiary/aromatic N) is 3. The van der Waals surface area contributed by atoms with Crippen LogP contribution in [0.2, 0.25) is 0 Å². The van der Waals surface area contributed by atoms with Crippen LogP contribution >= 0.6 is 24.0 Å². The van der Waals surface area contributed by atoms with Crippen LogP contribution in [0, 0.1) is 0 Å². The average molecular weight is 545 g/mol. The van der Waals surface area contributed by atoms with Gasteiger partial charge >= 0.3 is 0 Å². The molecule has 2 N–H and O–H groups in total. The van der Waals surface area contributed by atoms with Crippen LogP contribution in [0.25, 0.3) is 11.5 Å². The molecular weight excluding hydrogens is 509 g/mol. The molecule has 174 valence electrons. The van der Waals surface area contributed by atoms with Crippen LogP contribution in [-0.4, -0.2) is 56.1 Å². The number of nitrogens with one attached hydrogen (secondary N) is 2. The maximum absolute atomic E-state index is 5.56. The molecule has 0 aliphatic heterocycles. The van der Waals surface area contributed by atoms with Crippen molar-refractivity contribution in [2.75, 3.05) is 40.0 Å². The summed E-state index contributed by atoms with van der Waals surface area (Å²) in [6, 6.07) is 8.06. The Hall–Kier alpha value is -1.72. The summed E-state index contributed by atoms with van der Waals surface area (Å²) < 4.78 is 16.4. The Kier molecular flexibility index (Phi) is 14.9. The number of rotatable bonds is 14. The van der Waals surface area contributed by atoms with E-state index in [1.54, 1.807) is 7.05 Å². The number of aryl methyl sites for hydroxylation is 1. The van der Waals surface area contributed by atoms with Gasteiger partial charge in [0, 0.05) is 38.7 Å². The van der Waals surface area contributed by atoms with Crippen molar-refractivity contribution in [1.29, 1.82) is 0 Å². The summed E-state index contributed by atoms with van der Waals surface area (Å²) in [5.74, 6) is 2.03. The summed E-state index contributed by atoms with van der Waals surface area (Å²) in [7, 11) is 1.75. The molecule has 0 saturated heterocycles. The predicted octanol–water partition coefficient (Wildman–Crippen LogP) is 3.81. The molecule has 1 heterocycles. The second-order valence-electron chi connectivity index (χ2n) is 6.90. The van der Waals surface area contributed by atoms with Crippen molar-refractivity contribution in [3.63, 3.8) is 0 Å². The number of hydrogen-bond acceptors (Lipinski definition) is 6. The number of unbranched alkanes of at least 4 members (excludes halogenated alkanes) is 1. The van der Waals surface area contributed by atoms with E-state index in [2.05, 4.69) is 45.7 Å². The van der Waals surface area contributed by atoms with E-state index in [1.165, 1.54) is 0 Å². The number of halogens is 1. The Bertz CT molecular complexity index is 754. The summed E-state index contributed by atoms with van der Waals surface area (Å²) in [5, 5.41) is 10.6. The molecule has 0 aliphatic carbocycles. The molecule has 0 fully saturated rings. The lowest BCUT2D eigenvalue weighted by atomic mass is 10.1. The van der Waals surface area contributed by atoms with Gasteiger partial charge in [-0.1, -0.05) is 37.6 Å². The molecule has 1 aromatic carbocycles. The van der Waals surface area contributed by atoms with Gasteiger partial charge in [0.1, 0.15) is 0 Å². The van der Waals surface area contributed by atoms with Crippen molar-refractivity contribution in [3.8, 4) is 11.5 Å². The lowest BCUT2D eigenvalue weighted by Gasteiger charge is -2.12. The largest absolute Gasteiger partial charge is 0.379 e. The van der Waals surface area contributed by atoms with Crippen molar-refractivity contribution in [1.82, 2.24) is 20.8 Å². The fourth-order valence-electron chi connectivity index (χ4n) is 2.73. The maximum atomic E-state index is 5.56. The van der Waals surface area contributed by atoms with Crippen LogP contribution in [0.5, 0.6) is 0 Å². The number of ether oxygens (including phenoxy) is 2. The van der Waals surface area contributed by atoms with Crippen molar-refractivity contribution in [3.05, 3.63) is 35.7 Å². The third-order valence-electron chi connectivity index (χ3n) is 4.35. The molecule has 0 radical (unpaired) electrons. The highest BCUT2D eigenvalue weighted by Gasteiger charge is 2.09. The monoisotopic (exact) mass is 545 g/mol. The van der Waals surface area contributed by atoms with Gasteiger partial charge in [0.05, 0.1) is 19.8 Å². The highest BCUT2D eigenvalue weighted by atomic mass is 127. The van der Waals surface area contributed by atoms with Gasteiger partial charge < -0.3 is 24.6 Å². The molecule has 8 nitrogen and oxygen atoms in total. The Morgan fingerprint density at radius 3 is 2.61 bits per heavy atom. The van der Waals surface area contributed by atoms with Crippen molar-refractivity contribution >= 4 is 29.9 Å². The number of aliphatic imine (C=N–C) groups is 1. The minimum absolute atomic E-state index is 0. The van der Waals surface area contributed by atoms with Crippen LogP contribution in [0.1, 0.15) is 44.5 Å². The Morgan fingerprint density at radius 2 is 1.87 bits per heavy atom. The van der Waals surface area contributed by atoms with E-state index >= 15 is 0 Å². The first-order valence-electron chi connectivity index (χ1n) is 10.8. The van der Waals surface area contributed by atoms with E-state index in [0.29, 0.717) is 38.8 Å². The number of benzene rings is 1. The Labute approximate surface area is 202 Å². The molecule has 0 spiro atoms. The second-order valence-corrected chi connectivity index (χ2v) is 6.90. The Balaban J connectivity index is 0.00000480. The van der Waals surface area contributed by atoms with Crippen molar-refractivity contribution in [2.24, 2.45) is 4.99 Å². The molecule has 2 aromatic rings. The predicted molar refractivity (Wildman–Crippen MR) is 134 cm³/mol. The highest BCUT2D eigenvalue weighted by molar-refractivity contribution is 14.0. The van der Waals surface area contributed by atoms with Gasteiger partial charge in [-0.2, -0.15) is 4.98 Å². The molecular formula is C22H36IN5O3. The quantitative estimate of drug-likeness (QED) is 0.161. The van der Waals surface area contributed by atoms with Gasteiger partial charge in [0.25, 0.3) is 5.89 Å². The van der Waals surface area contributed by atoms with E-state index in [1.807, 2.05) is 18.2 Å². The van der Waals surface area contributed by atoms with Gasteiger partial charge in [-0.3, -0.25) is 4.99 Å². The second kappa shape index (κ2) is 16.9. The molecule has 0 saturated carbocycles. The van der Waals surface area contributed by atoms with Gasteiger partial charge in [0.15, 0.2) is 11.8 Å². The fraction of sp³-hybridized carbons (Fsp3) is 0.591. The maximum Gasteiger partial charge on any atom is 0.257 e. The zero-order valence-corrected chi connectivity index (χ0v) is 21.2. The SMILES string of the molecule is CCCCOCCOCCNC(=NC)NCc1cccc(-c2nc(CCC)no2)c1.I. The summed E-state index contributed by atoms with van der Waals surface area (Å²) in [5.41, 5.74) is 2.02. The zero-order valence-electron chi connectivity index (χ0n) is 18.9. The zero-order chi connectivity index (χ0) is 21.4. The lowest BCUT2D eigenvalue weighted by Crippen LogP contribution is -2.38. The van der Waals surface area contributed by atoms with Crippen molar-refractivity contribution in [2.45, 2.75) is 46.1 Å². The first-order chi connectivity index (χ1) is 14.8. The first kappa shape index (κ1) is 27.3. The minimum atomic E-state index is 0. The first-order valence-corrected chi connectivity index (χ1v) is 10.8. The number of hydrogen-bond donors (Lipinski definition) is 2. The Morgan fingerprint density at radius 1 is 1.06 bits per heavy atom. The van der Waals surface area contributed by atoms with E-state index in [9.17, 15) is 0 Å². The molecule has 31 heavy (non-hydrogen) atoms. The van der Waals surface area contributed by atoms with E-state index in [-0.39, 0.29) is 24.0 Å². The smallest absolute Gasteiger partial charge is 0.257 e. The summed E-state index contributed by atoms with van der Waals surface area (Å²) in [6.07, 6.45) is 4.06. The van der Waals surface area contributed by atoms with Crippen molar-refractivity contribution < 1.29 is 14.0 Å². The number of guanidine groups is 1. The summed E-state index contributed by atoms with van der Waals surface area (Å²) in [6.45, 7) is 8.22. The summed E-state index contributed by atoms with van der Waals surface area (Å²) >= 11 is 0. The van der Waals surface area contributed by atoms with Gasteiger partial charge in [0.2, 0.25) is 0 Å². The van der Waals surface area contributed by atoms with E-state index < -0.39 is 0 Å². The number of aromatic nitrogens is 2. The molecule has 0 bridgehead atoms. The van der Waals surface area contributed by atoms with Gasteiger partial charge in [-0.15, -0.1) is 24.0 Å². The molecule has 0 unspecified atom stereocenters. The molecule has 1 aromatic heterocycles. The lowest BCUT2D eigenvalue weighted by molar-refractivity contribution is 0.0487. The van der Waals surface area contributed by atoms with Gasteiger partial charge in [-0.05, 0) is 30.5 Å². The van der Waals surface area contributed by atoms with Crippen LogP contribution < -0.4 is 10.6 Å². The third kappa shape index (κ3) is 10.9. The van der Waals surface area contributed by atoms with Crippen LogP contribution in [0.15, 0.2) is 33.8 Å². The fourth-order valence-corrected chi connectivity index (χ4v) is 2.73. The summed E-state index contributed by atoms with van der Waals surface area (Å²) in [4.78, 5) is 8.70. The van der Waals surface area contributed by atoms with E-state index in [4.69, 9.17) is 14.0 Å². The van der Waals surface area contributed by atoms with Crippen LogP contribution in [0.4, 0.5) is 0 Å². The molecule has 2 rings (SSSR count). The van der Waals surface area contributed by atoms with Gasteiger partial charge in [-0.25, -0.2) is 0 Å². The minimum Gasteiger partial charge on any atom is -0.379 e. The topological polar surface area (TPSA) is 93.8 Å². The molecule has 9 heteroatoms. The molecule has 0 atom stereocenters.